The van der Waals surface area contributed by atoms with Crippen molar-refractivity contribution < 1.29 is 19.5 Å². The predicted molar refractivity (Wildman–Crippen MR) is 101 cm³/mol. The second kappa shape index (κ2) is 8.01. The summed E-state index contributed by atoms with van der Waals surface area (Å²) in [7, 11) is 0. The van der Waals surface area contributed by atoms with Gasteiger partial charge >= 0.3 is 0 Å². The lowest BCUT2D eigenvalue weighted by Crippen LogP contribution is -2.55. The molecular weight excluding hydrogens is 372 g/mol. The molecule has 0 spiro atoms. The summed E-state index contributed by atoms with van der Waals surface area (Å²) < 4.78 is 0.299. The first-order valence-corrected chi connectivity index (χ1v) is 9.50. The minimum Gasteiger partial charge on any atom is -0.548 e. The van der Waals surface area contributed by atoms with E-state index in [0.29, 0.717) is 22.2 Å². The summed E-state index contributed by atoms with van der Waals surface area (Å²) in [6.45, 7) is 0.104. The van der Waals surface area contributed by atoms with Crippen LogP contribution in [-0.4, -0.2) is 51.0 Å². The van der Waals surface area contributed by atoms with Crippen molar-refractivity contribution in [1.29, 1.82) is 0 Å². The third-order valence-corrected chi connectivity index (χ3v) is 5.74. The fourth-order valence-corrected chi connectivity index (χ4v) is 4.29. The molecule has 0 unspecified atom stereocenters. The van der Waals surface area contributed by atoms with E-state index in [0.717, 1.165) is 30.2 Å². The van der Waals surface area contributed by atoms with Gasteiger partial charge in [0.2, 0.25) is 5.91 Å². The van der Waals surface area contributed by atoms with Crippen molar-refractivity contribution in [2.45, 2.75) is 25.3 Å². The maximum absolute atomic E-state index is 12.6. The Kier molecular flexibility index (Phi) is 5.73. The summed E-state index contributed by atoms with van der Waals surface area (Å²) >= 11 is 6.38. The number of carboxylic acid groups (broad SMARTS) is 1. The van der Waals surface area contributed by atoms with Gasteiger partial charge in [-0.25, -0.2) is 0 Å². The highest BCUT2D eigenvalue weighted by molar-refractivity contribution is 8.26. The number of rotatable bonds is 4. The molecule has 0 saturated carbocycles. The smallest absolute Gasteiger partial charge is 0.266 e. The predicted octanol–water partition coefficient (Wildman–Crippen LogP) is 1.02. The zero-order chi connectivity index (χ0) is 18.7. The lowest BCUT2D eigenvalue weighted by Gasteiger charge is -2.37. The van der Waals surface area contributed by atoms with Crippen LogP contribution >= 0.6 is 24.0 Å². The Morgan fingerprint density at radius 3 is 2.69 bits per heavy atom. The van der Waals surface area contributed by atoms with Gasteiger partial charge < -0.3 is 14.8 Å². The van der Waals surface area contributed by atoms with Gasteiger partial charge in [0.1, 0.15) is 10.9 Å². The number of benzene rings is 1. The van der Waals surface area contributed by atoms with Gasteiger partial charge in [-0.15, -0.1) is 0 Å². The van der Waals surface area contributed by atoms with E-state index in [9.17, 15) is 19.5 Å². The average Bonchev–Trinajstić information content (AvgIpc) is 2.90. The topological polar surface area (TPSA) is 80.8 Å². The van der Waals surface area contributed by atoms with Crippen LogP contribution in [0.25, 0.3) is 6.08 Å². The number of likely N-dealkylation sites (tertiary alicyclic amines) is 1. The number of piperidine rings is 1. The molecule has 1 aromatic carbocycles. The van der Waals surface area contributed by atoms with Gasteiger partial charge in [-0.05, 0) is 30.9 Å². The third-order valence-electron chi connectivity index (χ3n) is 4.36. The lowest BCUT2D eigenvalue weighted by atomic mass is 10.0. The zero-order valence-electron chi connectivity index (χ0n) is 13.9. The van der Waals surface area contributed by atoms with Crippen LogP contribution in [0.4, 0.5) is 0 Å². The lowest BCUT2D eigenvalue weighted by molar-refractivity contribution is -0.312. The number of hydrogen-bond acceptors (Lipinski definition) is 6. The summed E-state index contributed by atoms with van der Waals surface area (Å²) in [4.78, 5) is 39.4. The van der Waals surface area contributed by atoms with Crippen LogP contribution < -0.4 is 5.11 Å². The van der Waals surface area contributed by atoms with Crippen molar-refractivity contribution in [2.24, 2.45) is 0 Å². The Balaban J connectivity index is 1.72. The van der Waals surface area contributed by atoms with Gasteiger partial charge in [-0.2, -0.15) is 0 Å². The van der Waals surface area contributed by atoms with E-state index in [-0.39, 0.29) is 12.5 Å². The minimum atomic E-state index is -1.26. The molecule has 0 radical (unpaired) electrons. The number of carbonyl (C=O) groups excluding carboxylic acids is 3. The molecule has 2 saturated heterocycles. The van der Waals surface area contributed by atoms with Gasteiger partial charge in [0, 0.05) is 6.54 Å². The molecule has 0 bridgehead atoms. The Morgan fingerprint density at radius 2 is 2.00 bits per heavy atom. The molecule has 8 heteroatoms. The maximum atomic E-state index is 12.6. The number of carbonyl (C=O) groups is 3. The summed E-state index contributed by atoms with van der Waals surface area (Å²) in [6.07, 6.45) is 3.58. The van der Waals surface area contributed by atoms with Crippen molar-refractivity contribution in [1.82, 2.24) is 9.80 Å². The van der Waals surface area contributed by atoms with Crippen LogP contribution in [0, 0.1) is 0 Å². The zero-order valence-corrected chi connectivity index (χ0v) is 15.6. The van der Waals surface area contributed by atoms with Gasteiger partial charge in [-0.3, -0.25) is 14.5 Å². The van der Waals surface area contributed by atoms with E-state index in [2.05, 4.69) is 0 Å². The van der Waals surface area contributed by atoms with Crippen LogP contribution in [0.3, 0.4) is 0 Å². The molecule has 2 heterocycles. The van der Waals surface area contributed by atoms with Crippen molar-refractivity contribution in [3.8, 4) is 0 Å². The summed E-state index contributed by atoms with van der Waals surface area (Å²) in [5.41, 5.74) is 0.868. The minimum absolute atomic E-state index is 0.249. The number of aliphatic carboxylic acids is 1. The van der Waals surface area contributed by atoms with E-state index >= 15 is 0 Å². The first kappa shape index (κ1) is 18.6. The van der Waals surface area contributed by atoms with Crippen molar-refractivity contribution in [3.05, 3.63) is 40.8 Å². The molecule has 0 aliphatic carbocycles. The van der Waals surface area contributed by atoms with Crippen LogP contribution in [-0.2, 0) is 14.4 Å². The molecule has 2 aliphatic rings. The van der Waals surface area contributed by atoms with Crippen molar-refractivity contribution in [2.75, 3.05) is 13.1 Å². The fourth-order valence-electron chi connectivity index (χ4n) is 3.04. The van der Waals surface area contributed by atoms with E-state index in [1.807, 2.05) is 30.3 Å². The molecule has 3 rings (SSSR count). The number of carboxylic acids is 1. The van der Waals surface area contributed by atoms with Crippen LogP contribution in [0.2, 0.25) is 0 Å². The molecule has 2 aliphatic heterocycles. The molecule has 1 atom stereocenters. The number of nitrogens with zero attached hydrogens (tertiary/aromatic N) is 2. The Hall–Kier alpha value is -2.19. The van der Waals surface area contributed by atoms with Gasteiger partial charge in [0.05, 0.1) is 16.9 Å². The maximum Gasteiger partial charge on any atom is 0.266 e. The van der Waals surface area contributed by atoms with Crippen LogP contribution in [0.5, 0.6) is 0 Å². The Labute approximate surface area is 160 Å². The summed E-state index contributed by atoms with van der Waals surface area (Å²) in [5, 5.41) is 11.3. The number of thiocarbonyl (C=S) groups is 1. The third kappa shape index (κ3) is 3.96. The fraction of sp³-hybridized carbons (Fsp3) is 0.333. The second-order valence-corrected chi connectivity index (χ2v) is 7.77. The molecule has 26 heavy (non-hydrogen) atoms. The Morgan fingerprint density at radius 1 is 1.27 bits per heavy atom. The van der Waals surface area contributed by atoms with Crippen LogP contribution in [0.1, 0.15) is 24.8 Å². The van der Waals surface area contributed by atoms with E-state index in [1.54, 1.807) is 6.08 Å². The first-order chi connectivity index (χ1) is 12.5. The normalized spacial score (nSPS) is 22.2. The molecule has 1 aromatic rings. The van der Waals surface area contributed by atoms with Gasteiger partial charge in [0.25, 0.3) is 5.91 Å². The molecule has 2 amide bonds. The van der Waals surface area contributed by atoms with E-state index in [1.165, 1.54) is 9.80 Å². The summed E-state index contributed by atoms with van der Waals surface area (Å²) in [6, 6.07) is 8.42. The number of hydrogen-bond donors (Lipinski definition) is 0. The molecule has 2 fully saturated rings. The largest absolute Gasteiger partial charge is 0.548 e. The van der Waals surface area contributed by atoms with E-state index < -0.39 is 17.9 Å². The number of amides is 2. The quantitative estimate of drug-likeness (QED) is 0.565. The highest BCUT2D eigenvalue weighted by Gasteiger charge is 2.36. The average molecular weight is 389 g/mol. The second-order valence-electron chi connectivity index (χ2n) is 6.10. The first-order valence-electron chi connectivity index (χ1n) is 8.28. The molecular formula is C18H17N2O4S2-. The highest BCUT2D eigenvalue weighted by atomic mass is 32.2. The molecule has 0 N–H and O–H groups in total. The molecule has 136 valence electrons. The monoisotopic (exact) mass is 389 g/mol. The summed E-state index contributed by atoms with van der Waals surface area (Å²) in [5.74, 6) is -2.01. The molecule has 6 nitrogen and oxygen atoms in total. The Bertz CT molecular complexity index is 779. The highest BCUT2D eigenvalue weighted by Crippen LogP contribution is 2.32. The standard InChI is InChI=1S/C18H18N2O4S2/c21-15(19-9-5-4-8-13(19)17(23)24)11-20-16(22)14(26-18(20)25)10-12-6-2-1-3-7-12/h1-3,6-7,10,13H,4-5,8-9,11H2,(H,23,24)/p-1/b14-10-/t13-/m1/s1. The number of thioether (sulfide) groups is 1. The molecule has 0 aromatic heterocycles. The van der Waals surface area contributed by atoms with Crippen molar-refractivity contribution in [3.63, 3.8) is 0 Å². The van der Waals surface area contributed by atoms with Crippen LogP contribution in [0.15, 0.2) is 35.2 Å². The SMILES string of the molecule is O=C([O-])[C@H]1CCCCN1C(=O)CN1C(=O)/C(=C/c2ccccc2)SC1=S. The van der Waals surface area contributed by atoms with Gasteiger partial charge in [0.15, 0.2) is 0 Å². The van der Waals surface area contributed by atoms with E-state index in [4.69, 9.17) is 12.2 Å². The van der Waals surface area contributed by atoms with Crippen molar-refractivity contribution >= 4 is 52.2 Å². The van der Waals surface area contributed by atoms with Gasteiger partial charge in [-0.1, -0.05) is 54.3 Å².